The Morgan fingerprint density at radius 2 is 1.76 bits per heavy atom. The van der Waals surface area contributed by atoms with Crippen LogP contribution in [0.3, 0.4) is 0 Å². The van der Waals surface area contributed by atoms with Gasteiger partial charge in [0.05, 0.1) is 0 Å². The molecule has 0 bridgehead atoms. The summed E-state index contributed by atoms with van der Waals surface area (Å²) in [6, 6.07) is 0.736. The Labute approximate surface area is 103 Å². The molecule has 2 fully saturated rings. The maximum absolute atomic E-state index is 12.3. The molecule has 0 aromatic rings. The topological polar surface area (TPSA) is 41.1 Å². The molecule has 2 unspecified atom stereocenters. The molecule has 0 spiro atoms. The Morgan fingerprint density at radius 3 is 2.35 bits per heavy atom. The van der Waals surface area contributed by atoms with Crippen LogP contribution in [0.4, 0.5) is 0 Å². The highest BCUT2D eigenvalue weighted by molar-refractivity contribution is 5.88. The predicted octanol–water partition coefficient (Wildman–Crippen LogP) is 1.91. The molecule has 1 heterocycles. The third-order valence-electron chi connectivity index (χ3n) is 3.96. The van der Waals surface area contributed by atoms with Gasteiger partial charge in [-0.15, -0.1) is 13.2 Å². The lowest BCUT2D eigenvalue weighted by Crippen LogP contribution is -2.71. The Balaban J connectivity index is 2.17. The monoisotopic (exact) mass is 234 g/mol. The van der Waals surface area contributed by atoms with Crippen LogP contribution in [0.5, 0.6) is 0 Å². The van der Waals surface area contributed by atoms with Crippen molar-refractivity contribution in [2.24, 2.45) is 0 Å². The highest BCUT2D eigenvalue weighted by Crippen LogP contribution is 2.29. The summed E-state index contributed by atoms with van der Waals surface area (Å²) in [6.45, 7) is 7.53. The largest absolute Gasteiger partial charge is 0.350 e. The van der Waals surface area contributed by atoms with Gasteiger partial charge in [0.2, 0.25) is 5.91 Å². The van der Waals surface area contributed by atoms with Gasteiger partial charge in [-0.2, -0.15) is 0 Å². The van der Waals surface area contributed by atoms with Crippen LogP contribution in [0.15, 0.2) is 25.3 Å². The fraction of sp³-hybridized carbons (Fsp3) is 0.643. The number of carbonyl (C=O) groups excluding carboxylic acids is 1. The number of hydrogen-bond donors (Lipinski definition) is 2. The van der Waals surface area contributed by atoms with Crippen LogP contribution in [0, 0.1) is 0 Å². The van der Waals surface area contributed by atoms with Crippen LogP contribution in [0.2, 0.25) is 0 Å². The molecule has 17 heavy (non-hydrogen) atoms. The Bertz CT molecular complexity index is 314. The van der Waals surface area contributed by atoms with E-state index in [-0.39, 0.29) is 5.91 Å². The first-order chi connectivity index (χ1) is 8.22. The lowest BCUT2D eigenvalue weighted by atomic mass is 9.80. The molecule has 2 atom stereocenters. The Kier molecular flexibility index (Phi) is 3.67. The molecular weight excluding hydrogens is 212 g/mol. The normalized spacial score (nSPS) is 31.2. The van der Waals surface area contributed by atoms with Crippen molar-refractivity contribution in [1.82, 2.24) is 10.6 Å². The fourth-order valence-electron chi connectivity index (χ4n) is 3.08. The van der Waals surface area contributed by atoms with E-state index in [0.29, 0.717) is 24.9 Å². The van der Waals surface area contributed by atoms with Crippen molar-refractivity contribution >= 4 is 5.91 Å². The first kappa shape index (κ1) is 12.4. The van der Waals surface area contributed by atoms with Gasteiger partial charge in [-0.1, -0.05) is 25.0 Å². The number of nitrogens with one attached hydrogen (secondary N) is 2. The molecule has 2 aliphatic rings. The highest BCUT2D eigenvalue weighted by Gasteiger charge is 2.45. The highest BCUT2D eigenvalue weighted by atomic mass is 16.2. The maximum atomic E-state index is 12.3. The van der Waals surface area contributed by atoms with Crippen molar-refractivity contribution in [3.63, 3.8) is 0 Å². The summed E-state index contributed by atoms with van der Waals surface area (Å²) >= 11 is 0. The van der Waals surface area contributed by atoms with Crippen molar-refractivity contribution in [3.05, 3.63) is 25.3 Å². The average molecular weight is 234 g/mol. The van der Waals surface area contributed by atoms with Crippen LogP contribution in [0.25, 0.3) is 0 Å². The summed E-state index contributed by atoms with van der Waals surface area (Å²) < 4.78 is 0. The average Bonchev–Trinajstić information content (AvgIpc) is 2.31. The van der Waals surface area contributed by atoms with Gasteiger partial charge in [-0.3, -0.25) is 10.1 Å². The minimum Gasteiger partial charge on any atom is -0.350 e. The number of hydrogen-bond acceptors (Lipinski definition) is 2. The zero-order valence-electron chi connectivity index (χ0n) is 10.4. The van der Waals surface area contributed by atoms with E-state index in [0.717, 1.165) is 12.8 Å². The second-order valence-corrected chi connectivity index (χ2v) is 5.18. The van der Waals surface area contributed by atoms with Gasteiger partial charge in [0, 0.05) is 12.1 Å². The zero-order chi connectivity index (χ0) is 12.3. The van der Waals surface area contributed by atoms with Crippen LogP contribution in [-0.4, -0.2) is 23.5 Å². The van der Waals surface area contributed by atoms with Crippen LogP contribution < -0.4 is 10.6 Å². The van der Waals surface area contributed by atoms with Gasteiger partial charge < -0.3 is 5.32 Å². The lowest BCUT2D eigenvalue weighted by Gasteiger charge is -2.46. The predicted molar refractivity (Wildman–Crippen MR) is 69.7 cm³/mol. The van der Waals surface area contributed by atoms with E-state index in [1.165, 1.54) is 12.8 Å². The SMILES string of the molecule is C=CCC1(CC=C)NC2CCCCC2NC1=O. The van der Waals surface area contributed by atoms with Crippen LogP contribution in [0.1, 0.15) is 38.5 Å². The summed E-state index contributed by atoms with van der Waals surface area (Å²) in [5.74, 6) is 0.112. The fourth-order valence-corrected chi connectivity index (χ4v) is 3.08. The molecule has 0 radical (unpaired) electrons. The van der Waals surface area contributed by atoms with Crippen molar-refractivity contribution in [3.8, 4) is 0 Å². The summed E-state index contributed by atoms with van der Waals surface area (Å²) in [7, 11) is 0. The summed E-state index contributed by atoms with van der Waals surface area (Å²) in [6.07, 6.45) is 9.69. The number of amides is 1. The summed E-state index contributed by atoms with van der Waals surface area (Å²) in [5, 5.41) is 6.75. The maximum Gasteiger partial charge on any atom is 0.241 e. The third-order valence-corrected chi connectivity index (χ3v) is 3.96. The zero-order valence-corrected chi connectivity index (χ0v) is 10.4. The number of fused-ring (bicyclic) bond motifs is 1. The van der Waals surface area contributed by atoms with E-state index in [1.54, 1.807) is 0 Å². The molecule has 3 heteroatoms. The molecule has 1 saturated heterocycles. The number of carbonyl (C=O) groups is 1. The van der Waals surface area contributed by atoms with E-state index >= 15 is 0 Å². The minimum absolute atomic E-state index is 0.112. The molecule has 94 valence electrons. The molecule has 2 N–H and O–H groups in total. The Hall–Kier alpha value is -1.09. The van der Waals surface area contributed by atoms with E-state index in [1.807, 2.05) is 12.2 Å². The van der Waals surface area contributed by atoms with E-state index in [9.17, 15) is 4.79 Å². The Morgan fingerprint density at radius 1 is 1.18 bits per heavy atom. The molecule has 2 rings (SSSR count). The van der Waals surface area contributed by atoms with Gasteiger partial charge >= 0.3 is 0 Å². The second kappa shape index (κ2) is 5.05. The van der Waals surface area contributed by atoms with Crippen molar-refractivity contribution in [2.45, 2.75) is 56.1 Å². The van der Waals surface area contributed by atoms with Gasteiger partial charge in [0.25, 0.3) is 0 Å². The molecule has 0 aromatic carbocycles. The van der Waals surface area contributed by atoms with Gasteiger partial charge in [0.1, 0.15) is 5.54 Å². The smallest absolute Gasteiger partial charge is 0.241 e. The summed E-state index contributed by atoms with van der Waals surface area (Å²) in [4.78, 5) is 12.3. The quantitative estimate of drug-likeness (QED) is 0.730. The van der Waals surface area contributed by atoms with Gasteiger partial charge in [-0.05, 0) is 25.7 Å². The molecule has 1 amide bonds. The number of piperazine rings is 1. The molecule has 1 aliphatic heterocycles. The molecule has 0 aromatic heterocycles. The van der Waals surface area contributed by atoms with E-state index in [2.05, 4.69) is 23.8 Å². The second-order valence-electron chi connectivity index (χ2n) is 5.18. The first-order valence-electron chi connectivity index (χ1n) is 6.52. The van der Waals surface area contributed by atoms with Crippen molar-refractivity contribution in [2.75, 3.05) is 0 Å². The van der Waals surface area contributed by atoms with E-state index in [4.69, 9.17) is 0 Å². The van der Waals surface area contributed by atoms with Crippen molar-refractivity contribution < 1.29 is 4.79 Å². The molecule has 1 saturated carbocycles. The number of rotatable bonds is 4. The van der Waals surface area contributed by atoms with Crippen LogP contribution in [-0.2, 0) is 4.79 Å². The first-order valence-corrected chi connectivity index (χ1v) is 6.52. The molecule has 3 nitrogen and oxygen atoms in total. The standard InChI is InChI=1S/C14H22N2O/c1-3-9-14(10-4-2)13(17)15-11-7-5-6-8-12(11)16-14/h3-4,11-12,16H,1-2,5-10H2,(H,15,17). The van der Waals surface area contributed by atoms with Crippen molar-refractivity contribution in [1.29, 1.82) is 0 Å². The van der Waals surface area contributed by atoms with Crippen LogP contribution >= 0.6 is 0 Å². The van der Waals surface area contributed by atoms with Gasteiger partial charge in [-0.25, -0.2) is 0 Å². The lowest BCUT2D eigenvalue weighted by molar-refractivity contribution is -0.132. The molecule has 1 aliphatic carbocycles. The summed E-state index contributed by atoms with van der Waals surface area (Å²) in [5.41, 5.74) is -0.512. The van der Waals surface area contributed by atoms with Gasteiger partial charge in [0.15, 0.2) is 0 Å². The molecular formula is C14H22N2O. The van der Waals surface area contributed by atoms with E-state index < -0.39 is 5.54 Å². The minimum atomic E-state index is -0.512. The third kappa shape index (κ3) is 2.29.